The number of rotatable bonds is 3. The highest BCUT2D eigenvalue weighted by molar-refractivity contribution is 9.10. The number of hydrogen-bond acceptors (Lipinski definition) is 2. The van der Waals surface area contributed by atoms with E-state index < -0.39 is 0 Å². The topological polar surface area (TPSA) is 40.5 Å². The molecule has 0 unspecified atom stereocenters. The van der Waals surface area contributed by atoms with Crippen molar-refractivity contribution in [1.82, 2.24) is 0 Å². The number of amides is 1. The van der Waals surface area contributed by atoms with E-state index in [1.54, 1.807) is 17.0 Å². The van der Waals surface area contributed by atoms with Crippen LogP contribution < -0.4 is 4.90 Å². The van der Waals surface area contributed by atoms with Crippen molar-refractivity contribution in [2.24, 2.45) is 0 Å². The standard InChI is InChI=1S/C15H14BrNO2/c1-2-17(12-6-4-3-5-7-12)15(19)11-8-9-13(16)14(18)10-11/h3-10,18H,2H2,1H3. The maximum atomic E-state index is 12.4. The third-order valence-electron chi connectivity index (χ3n) is 2.82. The zero-order valence-electron chi connectivity index (χ0n) is 10.5. The summed E-state index contributed by atoms with van der Waals surface area (Å²) >= 11 is 3.20. The molecule has 0 aromatic heterocycles. The number of carbonyl (C=O) groups is 1. The SMILES string of the molecule is CCN(C(=O)c1ccc(Br)c(O)c1)c1ccccc1. The summed E-state index contributed by atoms with van der Waals surface area (Å²) < 4.78 is 0.576. The normalized spacial score (nSPS) is 10.2. The third kappa shape index (κ3) is 2.96. The number of phenolic OH excluding ortho intramolecular Hbond substituents is 1. The van der Waals surface area contributed by atoms with Crippen LogP contribution in [-0.2, 0) is 0 Å². The molecule has 19 heavy (non-hydrogen) atoms. The van der Waals surface area contributed by atoms with Gasteiger partial charge in [-0.3, -0.25) is 4.79 Å². The lowest BCUT2D eigenvalue weighted by Gasteiger charge is -2.21. The zero-order chi connectivity index (χ0) is 13.8. The van der Waals surface area contributed by atoms with Gasteiger partial charge in [0, 0.05) is 17.8 Å². The van der Waals surface area contributed by atoms with Crippen molar-refractivity contribution < 1.29 is 9.90 Å². The lowest BCUT2D eigenvalue weighted by atomic mass is 10.1. The minimum absolute atomic E-state index is 0.0648. The molecule has 1 N–H and O–H groups in total. The third-order valence-corrected chi connectivity index (χ3v) is 3.49. The Morgan fingerprint density at radius 2 is 1.89 bits per heavy atom. The van der Waals surface area contributed by atoms with Crippen LogP contribution in [0.4, 0.5) is 5.69 Å². The Morgan fingerprint density at radius 3 is 2.47 bits per heavy atom. The molecule has 0 bridgehead atoms. The van der Waals surface area contributed by atoms with Gasteiger partial charge in [-0.2, -0.15) is 0 Å². The van der Waals surface area contributed by atoms with Gasteiger partial charge in [0.05, 0.1) is 4.47 Å². The van der Waals surface area contributed by atoms with Crippen LogP contribution in [0.2, 0.25) is 0 Å². The summed E-state index contributed by atoms with van der Waals surface area (Å²) in [5.74, 6) is -0.0635. The summed E-state index contributed by atoms with van der Waals surface area (Å²) in [7, 11) is 0. The van der Waals surface area contributed by atoms with E-state index in [2.05, 4.69) is 15.9 Å². The van der Waals surface area contributed by atoms with Crippen LogP contribution in [0.5, 0.6) is 5.75 Å². The predicted octanol–water partition coefficient (Wildman–Crippen LogP) is 3.82. The van der Waals surface area contributed by atoms with Crippen LogP contribution in [0.15, 0.2) is 53.0 Å². The average molecular weight is 320 g/mol. The summed E-state index contributed by atoms with van der Waals surface area (Å²) in [5.41, 5.74) is 1.31. The maximum absolute atomic E-state index is 12.4. The second-order valence-electron chi connectivity index (χ2n) is 4.05. The average Bonchev–Trinajstić information content (AvgIpc) is 2.44. The number of benzene rings is 2. The molecule has 0 spiro atoms. The molecular weight excluding hydrogens is 306 g/mol. The Hall–Kier alpha value is -1.81. The van der Waals surface area contributed by atoms with Crippen molar-refractivity contribution in [2.75, 3.05) is 11.4 Å². The predicted molar refractivity (Wildman–Crippen MR) is 79.6 cm³/mol. The van der Waals surface area contributed by atoms with Gasteiger partial charge < -0.3 is 10.0 Å². The fraction of sp³-hybridized carbons (Fsp3) is 0.133. The first-order valence-corrected chi connectivity index (χ1v) is 6.78. The quantitative estimate of drug-likeness (QED) is 0.934. The Bertz CT molecular complexity index is 584. The van der Waals surface area contributed by atoms with Gasteiger partial charge in [-0.1, -0.05) is 18.2 Å². The van der Waals surface area contributed by atoms with E-state index in [0.29, 0.717) is 16.6 Å². The van der Waals surface area contributed by atoms with Crippen molar-refractivity contribution in [2.45, 2.75) is 6.92 Å². The fourth-order valence-electron chi connectivity index (χ4n) is 1.85. The number of halogens is 1. The molecule has 2 aromatic carbocycles. The molecule has 0 aliphatic heterocycles. The van der Waals surface area contributed by atoms with Gasteiger partial charge >= 0.3 is 0 Å². The molecule has 3 nitrogen and oxygen atoms in total. The summed E-state index contributed by atoms with van der Waals surface area (Å²) in [4.78, 5) is 14.1. The molecule has 1 amide bonds. The minimum atomic E-state index is -0.128. The van der Waals surface area contributed by atoms with E-state index >= 15 is 0 Å². The number of nitrogens with zero attached hydrogens (tertiary/aromatic N) is 1. The van der Waals surface area contributed by atoms with Gasteiger partial charge in [0.25, 0.3) is 5.91 Å². The van der Waals surface area contributed by atoms with Gasteiger partial charge in [0.1, 0.15) is 5.75 Å². The molecule has 0 fully saturated rings. The highest BCUT2D eigenvalue weighted by atomic mass is 79.9. The Labute approximate surface area is 120 Å². The van der Waals surface area contributed by atoms with E-state index in [4.69, 9.17) is 0 Å². The number of phenols is 1. The molecule has 0 aliphatic carbocycles. The van der Waals surface area contributed by atoms with Crippen LogP contribution >= 0.6 is 15.9 Å². The molecule has 2 rings (SSSR count). The van der Waals surface area contributed by atoms with Crippen molar-refractivity contribution in [3.05, 3.63) is 58.6 Å². The first-order valence-electron chi connectivity index (χ1n) is 5.99. The van der Waals surface area contributed by atoms with Gasteiger partial charge in [0.2, 0.25) is 0 Å². The van der Waals surface area contributed by atoms with E-state index in [-0.39, 0.29) is 11.7 Å². The zero-order valence-corrected chi connectivity index (χ0v) is 12.1. The first-order chi connectivity index (χ1) is 9.13. The highest BCUT2D eigenvalue weighted by Crippen LogP contribution is 2.26. The maximum Gasteiger partial charge on any atom is 0.258 e. The molecule has 0 heterocycles. The Kier molecular flexibility index (Phi) is 4.22. The summed E-state index contributed by atoms with van der Waals surface area (Å²) in [6.07, 6.45) is 0. The smallest absolute Gasteiger partial charge is 0.258 e. The van der Waals surface area contributed by atoms with Crippen LogP contribution in [0.25, 0.3) is 0 Å². The second kappa shape index (κ2) is 5.89. The van der Waals surface area contributed by atoms with Crippen LogP contribution in [-0.4, -0.2) is 17.6 Å². The Morgan fingerprint density at radius 1 is 1.21 bits per heavy atom. The molecule has 0 radical (unpaired) electrons. The minimum Gasteiger partial charge on any atom is -0.507 e. The summed E-state index contributed by atoms with van der Waals surface area (Å²) in [6, 6.07) is 14.3. The summed E-state index contributed by atoms with van der Waals surface area (Å²) in [6.45, 7) is 2.49. The van der Waals surface area contributed by atoms with E-state index in [0.717, 1.165) is 5.69 Å². The van der Waals surface area contributed by atoms with Gasteiger partial charge in [-0.05, 0) is 53.2 Å². The van der Waals surface area contributed by atoms with Gasteiger partial charge in [0.15, 0.2) is 0 Å². The van der Waals surface area contributed by atoms with Crippen LogP contribution in [0.3, 0.4) is 0 Å². The van der Waals surface area contributed by atoms with E-state index in [9.17, 15) is 9.90 Å². The van der Waals surface area contributed by atoms with E-state index in [1.165, 1.54) is 6.07 Å². The van der Waals surface area contributed by atoms with Crippen molar-refractivity contribution in [3.63, 3.8) is 0 Å². The molecular formula is C15H14BrNO2. The fourth-order valence-corrected chi connectivity index (χ4v) is 2.10. The number of para-hydroxylation sites is 1. The number of hydrogen-bond donors (Lipinski definition) is 1. The molecule has 0 atom stereocenters. The van der Waals surface area contributed by atoms with E-state index in [1.807, 2.05) is 37.3 Å². The monoisotopic (exact) mass is 319 g/mol. The lowest BCUT2D eigenvalue weighted by Crippen LogP contribution is -2.30. The summed E-state index contributed by atoms with van der Waals surface area (Å²) in [5, 5.41) is 9.66. The van der Waals surface area contributed by atoms with Crippen molar-refractivity contribution in [3.8, 4) is 5.75 Å². The Balaban J connectivity index is 2.33. The van der Waals surface area contributed by atoms with Crippen molar-refractivity contribution in [1.29, 1.82) is 0 Å². The molecule has 98 valence electrons. The van der Waals surface area contributed by atoms with Crippen LogP contribution in [0, 0.1) is 0 Å². The van der Waals surface area contributed by atoms with Crippen molar-refractivity contribution >= 4 is 27.5 Å². The molecule has 2 aromatic rings. The van der Waals surface area contributed by atoms with Gasteiger partial charge in [-0.25, -0.2) is 0 Å². The number of anilines is 1. The lowest BCUT2D eigenvalue weighted by molar-refractivity contribution is 0.0988. The first kappa shape index (κ1) is 13.6. The largest absolute Gasteiger partial charge is 0.507 e. The second-order valence-corrected chi connectivity index (χ2v) is 4.91. The number of carbonyl (C=O) groups excluding carboxylic acids is 1. The molecule has 0 saturated heterocycles. The molecule has 4 heteroatoms. The molecule has 0 aliphatic rings. The molecule has 0 saturated carbocycles. The van der Waals surface area contributed by atoms with Crippen LogP contribution in [0.1, 0.15) is 17.3 Å². The highest BCUT2D eigenvalue weighted by Gasteiger charge is 2.16. The number of aromatic hydroxyl groups is 1. The van der Waals surface area contributed by atoms with Gasteiger partial charge in [-0.15, -0.1) is 0 Å².